The summed E-state index contributed by atoms with van der Waals surface area (Å²) >= 11 is 1.85. The largest absolute Gasteiger partial charge is 0.375 e. The highest BCUT2D eigenvalue weighted by Gasteiger charge is 2.42. The molecule has 2 atom stereocenters. The Labute approximate surface area is 120 Å². The molecule has 0 aromatic carbocycles. The van der Waals surface area contributed by atoms with E-state index >= 15 is 0 Å². The molecule has 0 amide bonds. The van der Waals surface area contributed by atoms with Gasteiger partial charge in [-0.3, -0.25) is 0 Å². The summed E-state index contributed by atoms with van der Waals surface area (Å²) in [6.45, 7) is 11.9. The molecular formula is C15H26N2OS. The molecule has 0 aliphatic carbocycles. The number of hydrogen-bond donors (Lipinski definition) is 1. The molecule has 2 heterocycles. The molecule has 1 aliphatic rings. The van der Waals surface area contributed by atoms with Gasteiger partial charge in [-0.15, -0.1) is 11.3 Å². The quantitative estimate of drug-likeness (QED) is 0.917. The van der Waals surface area contributed by atoms with Crippen LogP contribution in [-0.2, 0) is 10.3 Å². The van der Waals surface area contributed by atoms with E-state index < -0.39 is 0 Å². The number of hydrogen-bond acceptors (Lipinski definition) is 4. The summed E-state index contributed by atoms with van der Waals surface area (Å²) in [6, 6.07) is 0. The lowest BCUT2D eigenvalue weighted by Crippen LogP contribution is -2.51. The van der Waals surface area contributed by atoms with Crippen molar-refractivity contribution in [3.8, 4) is 0 Å². The zero-order chi connectivity index (χ0) is 14.0. The van der Waals surface area contributed by atoms with Crippen LogP contribution in [0.4, 0.5) is 0 Å². The normalized spacial score (nSPS) is 31.6. The number of ether oxygens (including phenoxy) is 1. The van der Waals surface area contributed by atoms with Gasteiger partial charge in [0.2, 0.25) is 0 Å². The summed E-state index contributed by atoms with van der Waals surface area (Å²) < 4.78 is 5.92. The summed E-state index contributed by atoms with van der Waals surface area (Å²) in [5.41, 5.74) is 1.18. The molecule has 2 rings (SSSR count). The molecule has 1 fully saturated rings. The smallest absolute Gasteiger partial charge is 0.113 e. The van der Waals surface area contributed by atoms with Gasteiger partial charge in [0.1, 0.15) is 5.01 Å². The number of thiazole rings is 1. The highest BCUT2D eigenvalue weighted by molar-refractivity contribution is 7.11. The van der Waals surface area contributed by atoms with Gasteiger partial charge in [0.05, 0.1) is 23.4 Å². The lowest BCUT2D eigenvalue weighted by atomic mass is 9.84. The Morgan fingerprint density at radius 3 is 2.42 bits per heavy atom. The van der Waals surface area contributed by atoms with Crippen molar-refractivity contribution in [1.82, 2.24) is 10.3 Å². The van der Waals surface area contributed by atoms with Crippen LogP contribution in [0.15, 0.2) is 0 Å². The molecule has 0 spiro atoms. The molecule has 2 unspecified atom stereocenters. The number of aromatic nitrogens is 1. The lowest BCUT2D eigenvalue weighted by Gasteiger charge is -2.42. The van der Waals surface area contributed by atoms with Crippen molar-refractivity contribution in [2.24, 2.45) is 0 Å². The minimum absolute atomic E-state index is 0.0107. The zero-order valence-electron chi connectivity index (χ0n) is 12.7. The van der Waals surface area contributed by atoms with Gasteiger partial charge < -0.3 is 10.1 Å². The van der Waals surface area contributed by atoms with Gasteiger partial charge >= 0.3 is 0 Å². The molecular weight excluding hydrogens is 256 g/mol. The lowest BCUT2D eigenvalue weighted by molar-refractivity contribution is -0.0712. The highest BCUT2D eigenvalue weighted by Crippen LogP contribution is 2.39. The maximum atomic E-state index is 5.92. The minimum atomic E-state index is 0.0107. The molecule has 1 N–H and O–H groups in total. The van der Waals surface area contributed by atoms with Crippen molar-refractivity contribution in [1.29, 1.82) is 0 Å². The van der Waals surface area contributed by atoms with E-state index in [0.717, 1.165) is 25.8 Å². The van der Waals surface area contributed by atoms with E-state index in [1.165, 1.54) is 15.6 Å². The van der Waals surface area contributed by atoms with Crippen LogP contribution in [0.1, 0.15) is 55.6 Å². The zero-order valence-corrected chi connectivity index (χ0v) is 13.6. The molecule has 0 radical (unpaired) electrons. The second kappa shape index (κ2) is 5.90. The van der Waals surface area contributed by atoms with Crippen LogP contribution in [0.25, 0.3) is 0 Å². The Balaban J connectivity index is 2.33. The van der Waals surface area contributed by atoms with Crippen molar-refractivity contribution >= 4 is 11.3 Å². The third-order valence-corrected chi connectivity index (χ3v) is 5.16. The monoisotopic (exact) mass is 282 g/mol. The molecule has 0 bridgehead atoms. The minimum Gasteiger partial charge on any atom is -0.375 e. The summed E-state index contributed by atoms with van der Waals surface area (Å²) in [5, 5.41) is 5.02. The Kier molecular flexibility index (Phi) is 4.64. The summed E-state index contributed by atoms with van der Waals surface area (Å²) in [6.07, 6.45) is 3.76. The summed E-state index contributed by atoms with van der Waals surface area (Å²) in [7, 11) is 0. The molecule has 4 heteroatoms. The van der Waals surface area contributed by atoms with E-state index in [0.29, 0.717) is 0 Å². The molecule has 108 valence electrons. The van der Waals surface area contributed by atoms with Crippen LogP contribution in [0.2, 0.25) is 0 Å². The van der Waals surface area contributed by atoms with Crippen LogP contribution in [0, 0.1) is 13.8 Å². The van der Waals surface area contributed by atoms with Gasteiger partial charge in [-0.2, -0.15) is 0 Å². The van der Waals surface area contributed by atoms with Crippen LogP contribution < -0.4 is 5.32 Å². The molecule has 1 aliphatic heterocycles. The standard InChI is InChI=1S/C15H26N2OS/c1-6-7-16-15(8-10(2)18-11(3)9-15)14-17-12(4)13(5)19-14/h10-11,16H,6-9H2,1-5H3. The first kappa shape index (κ1) is 14.9. The third-order valence-electron chi connectivity index (χ3n) is 3.89. The van der Waals surface area contributed by atoms with Gasteiger partial charge in [-0.1, -0.05) is 6.92 Å². The molecule has 1 saturated heterocycles. The van der Waals surface area contributed by atoms with Crippen molar-refractivity contribution in [2.75, 3.05) is 6.54 Å². The van der Waals surface area contributed by atoms with E-state index in [9.17, 15) is 0 Å². The Bertz CT molecular complexity index is 400. The van der Waals surface area contributed by atoms with E-state index in [2.05, 4.69) is 39.9 Å². The van der Waals surface area contributed by atoms with E-state index in [1.54, 1.807) is 0 Å². The number of nitrogens with zero attached hydrogens (tertiary/aromatic N) is 1. The molecule has 0 saturated carbocycles. The highest BCUT2D eigenvalue weighted by atomic mass is 32.1. The van der Waals surface area contributed by atoms with Gasteiger partial charge in [0, 0.05) is 4.88 Å². The van der Waals surface area contributed by atoms with Crippen molar-refractivity contribution < 1.29 is 4.74 Å². The maximum Gasteiger partial charge on any atom is 0.113 e. The van der Waals surface area contributed by atoms with Gasteiger partial charge in [-0.25, -0.2) is 4.98 Å². The second-order valence-corrected chi connectivity index (χ2v) is 7.04. The van der Waals surface area contributed by atoms with Crippen LogP contribution in [0.5, 0.6) is 0 Å². The fraction of sp³-hybridized carbons (Fsp3) is 0.800. The first-order valence-electron chi connectivity index (χ1n) is 7.32. The molecule has 1 aromatic rings. The topological polar surface area (TPSA) is 34.2 Å². The Morgan fingerprint density at radius 2 is 1.95 bits per heavy atom. The number of rotatable bonds is 4. The summed E-state index contributed by atoms with van der Waals surface area (Å²) in [4.78, 5) is 6.16. The summed E-state index contributed by atoms with van der Waals surface area (Å²) in [5.74, 6) is 0. The van der Waals surface area contributed by atoms with Gasteiger partial charge in [-0.05, 0) is 53.5 Å². The van der Waals surface area contributed by atoms with Crippen LogP contribution in [0.3, 0.4) is 0 Å². The third kappa shape index (κ3) is 3.18. The predicted molar refractivity (Wildman–Crippen MR) is 80.8 cm³/mol. The number of aryl methyl sites for hydroxylation is 2. The van der Waals surface area contributed by atoms with Crippen molar-refractivity contribution in [3.05, 3.63) is 15.6 Å². The first-order chi connectivity index (χ1) is 8.97. The average molecular weight is 282 g/mol. The van der Waals surface area contributed by atoms with Gasteiger partial charge in [0.25, 0.3) is 0 Å². The van der Waals surface area contributed by atoms with Crippen LogP contribution in [-0.4, -0.2) is 23.7 Å². The molecule has 3 nitrogen and oxygen atoms in total. The average Bonchev–Trinajstić information content (AvgIpc) is 2.66. The molecule has 19 heavy (non-hydrogen) atoms. The fourth-order valence-electron chi connectivity index (χ4n) is 2.99. The number of nitrogens with one attached hydrogen (secondary N) is 1. The van der Waals surface area contributed by atoms with E-state index in [-0.39, 0.29) is 17.7 Å². The van der Waals surface area contributed by atoms with Gasteiger partial charge in [0.15, 0.2) is 0 Å². The first-order valence-corrected chi connectivity index (χ1v) is 8.13. The van der Waals surface area contributed by atoms with E-state index in [4.69, 9.17) is 9.72 Å². The van der Waals surface area contributed by atoms with Crippen molar-refractivity contribution in [2.45, 2.75) is 71.6 Å². The maximum absolute atomic E-state index is 5.92. The Hall–Kier alpha value is -0.450. The van der Waals surface area contributed by atoms with E-state index in [1.807, 2.05) is 11.3 Å². The predicted octanol–water partition coefficient (Wildman–Crippen LogP) is 3.54. The van der Waals surface area contributed by atoms with Crippen LogP contribution >= 0.6 is 11.3 Å². The fourth-order valence-corrected chi connectivity index (χ4v) is 4.09. The molecule has 1 aromatic heterocycles. The van der Waals surface area contributed by atoms with Crippen molar-refractivity contribution in [3.63, 3.8) is 0 Å². The SMILES string of the molecule is CCCNC1(c2nc(C)c(C)s2)CC(C)OC(C)C1. The Morgan fingerprint density at radius 1 is 1.32 bits per heavy atom. The second-order valence-electron chi connectivity index (χ2n) is 5.84.